The Morgan fingerprint density at radius 1 is 1.12 bits per heavy atom. The molecule has 1 aromatic carbocycles. The van der Waals surface area contributed by atoms with Crippen LogP contribution >= 0.6 is 0 Å². The summed E-state index contributed by atoms with van der Waals surface area (Å²) in [5.74, 6) is 1.50. The van der Waals surface area contributed by atoms with Crippen LogP contribution in [0.25, 0.3) is 11.3 Å². The van der Waals surface area contributed by atoms with Crippen molar-refractivity contribution < 1.29 is 9.53 Å². The normalized spacial score (nSPS) is 17.0. The van der Waals surface area contributed by atoms with E-state index in [1.54, 1.807) is 36.5 Å². The van der Waals surface area contributed by atoms with Gasteiger partial charge in [-0.2, -0.15) is 0 Å². The van der Waals surface area contributed by atoms with Crippen molar-refractivity contribution in [2.75, 3.05) is 31.6 Å². The first kappa shape index (κ1) is 25.8. The molecule has 0 unspecified atom stereocenters. The molecule has 5 heterocycles. The Bertz CT molecular complexity index is 1600. The van der Waals surface area contributed by atoms with E-state index in [-0.39, 0.29) is 23.1 Å². The molecule has 40 heavy (non-hydrogen) atoms. The number of ether oxygens (including phenoxy) is 1. The number of anilines is 1. The molecule has 1 amide bonds. The van der Waals surface area contributed by atoms with E-state index in [4.69, 9.17) is 4.74 Å². The molecule has 0 saturated carbocycles. The minimum Gasteiger partial charge on any atom is -0.497 e. The van der Waals surface area contributed by atoms with E-state index in [0.29, 0.717) is 18.7 Å². The average molecular weight is 540 g/mol. The maximum atomic E-state index is 13.6. The fraction of sp³-hybridized carbons (Fsp3) is 0.367. The van der Waals surface area contributed by atoms with Crippen LogP contribution in [0.15, 0.2) is 66.1 Å². The smallest absolute Gasteiger partial charge is 0.326 e. The van der Waals surface area contributed by atoms with Crippen molar-refractivity contribution in [2.45, 2.75) is 44.7 Å². The monoisotopic (exact) mass is 539 g/mol. The summed E-state index contributed by atoms with van der Waals surface area (Å²) in [6.45, 7) is 6.77. The molecule has 1 fully saturated rings. The number of hydrogen-bond donors (Lipinski definition) is 1. The zero-order valence-electron chi connectivity index (χ0n) is 23.0. The molecule has 206 valence electrons. The van der Waals surface area contributed by atoms with Crippen LogP contribution in [-0.4, -0.2) is 62.1 Å². The van der Waals surface area contributed by atoms with Crippen LogP contribution in [0.5, 0.6) is 5.75 Å². The zero-order valence-corrected chi connectivity index (χ0v) is 23.0. The van der Waals surface area contributed by atoms with Crippen molar-refractivity contribution in [3.8, 4) is 17.0 Å². The number of nitrogens with zero attached hydrogens (tertiary/aromatic N) is 6. The van der Waals surface area contributed by atoms with Gasteiger partial charge in [-0.25, -0.2) is 19.7 Å². The molecule has 3 aromatic heterocycles. The highest BCUT2D eigenvalue weighted by Gasteiger charge is 2.35. The first-order chi connectivity index (χ1) is 19.3. The maximum Gasteiger partial charge on any atom is 0.326 e. The fourth-order valence-electron chi connectivity index (χ4n) is 5.94. The third kappa shape index (κ3) is 4.85. The van der Waals surface area contributed by atoms with Gasteiger partial charge in [-0.15, -0.1) is 0 Å². The Balaban J connectivity index is 1.14. The molecular formula is C30H33N7O3. The molecule has 2 aliphatic heterocycles. The van der Waals surface area contributed by atoms with Gasteiger partial charge in [-0.1, -0.05) is 26.0 Å². The number of benzene rings is 1. The van der Waals surface area contributed by atoms with Gasteiger partial charge in [0.15, 0.2) is 0 Å². The quantitative estimate of drug-likeness (QED) is 0.411. The molecule has 10 nitrogen and oxygen atoms in total. The Morgan fingerprint density at radius 2 is 1.95 bits per heavy atom. The van der Waals surface area contributed by atoms with E-state index in [1.807, 2.05) is 41.4 Å². The Kier molecular flexibility index (Phi) is 6.61. The van der Waals surface area contributed by atoms with Crippen molar-refractivity contribution in [2.24, 2.45) is 0 Å². The van der Waals surface area contributed by atoms with Crippen molar-refractivity contribution in [1.29, 1.82) is 0 Å². The van der Waals surface area contributed by atoms with Gasteiger partial charge in [0.2, 0.25) is 0 Å². The predicted octanol–water partition coefficient (Wildman–Crippen LogP) is 3.81. The van der Waals surface area contributed by atoms with Gasteiger partial charge in [-0.3, -0.25) is 9.36 Å². The van der Waals surface area contributed by atoms with E-state index >= 15 is 0 Å². The van der Waals surface area contributed by atoms with Crippen LogP contribution in [-0.2, 0) is 12.0 Å². The summed E-state index contributed by atoms with van der Waals surface area (Å²) in [5.41, 5.74) is 3.92. The summed E-state index contributed by atoms with van der Waals surface area (Å²) in [7, 11) is 1.63. The summed E-state index contributed by atoms with van der Waals surface area (Å²) < 4.78 is 7.13. The van der Waals surface area contributed by atoms with Crippen molar-refractivity contribution >= 4 is 11.7 Å². The topological polar surface area (TPSA) is 109 Å². The van der Waals surface area contributed by atoms with E-state index in [2.05, 4.69) is 38.7 Å². The van der Waals surface area contributed by atoms with Gasteiger partial charge in [-0.05, 0) is 37.1 Å². The molecule has 0 bridgehead atoms. The van der Waals surface area contributed by atoms with E-state index < -0.39 is 0 Å². The summed E-state index contributed by atoms with van der Waals surface area (Å²) in [6.07, 6.45) is 8.58. The van der Waals surface area contributed by atoms with Crippen LogP contribution in [0, 0.1) is 0 Å². The second kappa shape index (κ2) is 10.3. The van der Waals surface area contributed by atoms with Crippen molar-refractivity contribution in [3.05, 3.63) is 88.6 Å². The molecule has 0 radical (unpaired) electrons. The number of aromatic amines is 1. The Labute approximate surface area is 232 Å². The number of imidazole rings is 1. The van der Waals surface area contributed by atoms with Crippen LogP contribution in [0.4, 0.5) is 5.82 Å². The maximum absolute atomic E-state index is 13.6. The van der Waals surface area contributed by atoms with Gasteiger partial charge in [0, 0.05) is 72.9 Å². The second-order valence-electron chi connectivity index (χ2n) is 11.2. The lowest BCUT2D eigenvalue weighted by atomic mass is 9.82. The van der Waals surface area contributed by atoms with E-state index in [0.717, 1.165) is 60.0 Å². The van der Waals surface area contributed by atoms with Gasteiger partial charge < -0.3 is 19.5 Å². The lowest BCUT2D eigenvalue weighted by Crippen LogP contribution is -2.45. The molecule has 0 aliphatic carbocycles. The number of methoxy groups -OCH3 is 1. The van der Waals surface area contributed by atoms with Gasteiger partial charge in [0.25, 0.3) is 5.91 Å². The summed E-state index contributed by atoms with van der Waals surface area (Å²) in [6, 6.07) is 11.4. The third-order valence-corrected chi connectivity index (χ3v) is 7.96. The molecule has 2 aliphatic rings. The highest BCUT2D eigenvalue weighted by atomic mass is 16.5. The number of carbonyl (C=O) groups excluding carboxylic acids is 1. The highest BCUT2D eigenvalue weighted by Crippen LogP contribution is 2.32. The largest absolute Gasteiger partial charge is 0.497 e. The Morgan fingerprint density at radius 3 is 2.75 bits per heavy atom. The van der Waals surface area contributed by atoms with E-state index in [9.17, 15) is 9.59 Å². The molecule has 4 aromatic rings. The van der Waals surface area contributed by atoms with E-state index in [1.165, 1.54) is 0 Å². The lowest BCUT2D eigenvalue weighted by molar-refractivity contribution is 0.0682. The van der Waals surface area contributed by atoms with Gasteiger partial charge in [0.1, 0.15) is 17.9 Å². The summed E-state index contributed by atoms with van der Waals surface area (Å²) in [5, 5.41) is 0. The van der Waals surface area contributed by atoms with Gasteiger partial charge in [0.05, 0.1) is 18.5 Å². The number of carbonyl (C=O) groups is 1. The zero-order chi connectivity index (χ0) is 27.9. The highest BCUT2D eigenvalue weighted by molar-refractivity contribution is 5.95. The van der Waals surface area contributed by atoms with Crippen LogP contribution in [0.1, 0.15) is 54.3 Å². The molecular weight excluding hydrogens is 506 g/mol. The van der Waals surface area contributed by atoms with Crippen molar-refractivity contribution in [1.82, 2.24) is 29.4 Å². The number of H-pyrrole nitrogens is 1. The molecule has 0 atom stereocenters. The molecule has 6 rings (SSSR count). The number of piperidine rings is 1. The molecule has 1 saturated heterocycles. The molecule has 10 heteroatoms. The number of fused-ring (bicyclic) bond motifs is 1. The number of nitrogens with one attached hydrogen (secondary N) is 1. The minimum absolute atomic E-state index is 0.0231. The van der Waals surface area contributed by atoms with Crippen LogP contribution in [0.2, 0.25) is 0 Å². The number of aromatic nitrogens is 5. The number of hydrogen-bond acceptors (Lipinski definition) is 7. The number of amides is 1. The van der Waals surface area contributed by atoms with Crippen LogP contribution < -0.4 is 15.3 Å². The second-order valence-corrected chi connectivity index (χ2v) is 11.2. The number of rotatable bonds is 5. The summed E-state index contributed by atoms with van der Waals surface area (Å²) in [4.78, 5) is 46.6. The first-order valence-electron chi connectivity index (χ1n) is 13.6. The van der Waals surface area contributed by atoms with Gasteiger partial charge >= 0.3 is 5.69 Å². The number of pyridine rings is 1. The van der Waals surface area contributed by atoms with Crippen molar-refractivity contribution in [3.63, 3.8) is 0 Å². The molecule has 0 spiro atoms. The van der Waals surface area contributed by atoms with Crippen LogP contribution in [0.3, 0.4) is 0 Å². The fourth-order valence-corrected chi connectivity index (χ4v) is 5.94. The third-order valence-electron chi connectivity index (χ3n) is 7.96. The average Bonchev–Trinajstić information content (AvgIpc) is 3.38. The SMILES string of the molecule is COc1cccc(-c2cn(C3CCN(c4cc(C(=O)N5Cc6cncnc6C(C)(C)C5)ccn4)CC3)c(=O)[nH]2)c1. The summed E-state index contributed by atoms with van der Waals surface area (Å²) >= 11 is 0. The standard InChI is InChI=1S/C30H33N7O3/c1-30(2)18-36(16-22-15-31-19-33-27(22)30)28(38)21-7-10-32-26(14-21)35-11-8-23(9-12-35)37-17-25(34-29(37)39)20-5-4-6-24(13-20)40-3/h4-7,10,13-15,17,19,23H,8-9,11-12,16,18H2,1-3H3,(H,34,39). The predicted molar refractivity (Wildman–Crippen MR) is 152 cm³/mol. The first-order valence-corrected chi connectivity index (χ1v) is 13.6. The molecule has 1 N–H and O–H groups in total. The minimum atomic E-state index is -0.257. The Hall–Kier alpha value is -4.47. The lowest BCUT2D eigenvalue weighted by Gasteiger charge is -2.38.